The van der Waals surface area contributed by atoms with Gasteiger partial charge in [-0.25, -0.2) is 18.1 Å². The van der Waals surface area contributed by atoms with Crippen LogP contribution in [0.3, 0.4) is 0 Å². The number of pyridine rings is 1. The fourth-order valence-electron chi connectivity index (χ4n) is 2.66. The predicted molar refractivity (Wildman–Crippen MR) is 97.2 cm³/mol. The lowest BCUT2D eigenvalue weighted by Gasteiger charge is -2.35. The molecule has 0 spiro atoms. The van der Waals surface area contributed by atoms with Crippen LogP contribution in [0.15, 0.2) is 46.1 Å². The van der Waals surface area contributed by atoms with Crippen molar-refractivity contribution in [3.63, 3.8) is 0 Å². The van der Waals surface area contributed by atoms with Crippen LogP contribution in [-0.4, -0.2) is 56.9 Å². The van der Waals surface area contributed by atoms with E-state index in [4.69, 9.17) is 0 Å². The number of amides is 1. The normalized spacial score (nSPS) is 15.4. The Hall–Kier alpha value is -1.97. The van der Waals surface area contributed by atoms with Gasteiger partial charge in [0.2, 0.25) is 15.9 Å². The first-order chi connectivity index (χ1) is 12.1. The molecule has 1 N–H and O–H groups in total. The number of rotatable bonds is 6. The van der Waals surface area contributed by atoms with Crippen LogP contribution in [-0.2, 0) is 14.8 Å². The zero-order chi connectivity index (χ0) is 17.7. The number of hydrogen-bond acceptors (Lipinski definition) is 6. The second-order valence-corrected chi connectivity index (χ2v) is 8.58. The number of anilines is 1. The number of nitrogens with zero attached hydrogens (tertiary/aromatic N) is 3. The van der Waals surface area contributed by atoms with Gasteiger partial charge in [-0.1, -0.05) is 12.1 Å². The maximum Gasteiger partial charge on any atom is 0.250 e. The van der Waals surface area contributed by atoms with Gasteiger partial charge >= 0.3 is 0 Å². The minimum Gasteiger partial charge on any atom is -0.353 e. The van der Waals surface area contributed by atoms with E-state index in [2.05, 4.69) is 14.6 Å². The average Bonchev–Trinajstić information content (AvgIpc) is 3.18. The van der Waals surface area contributed by atoms with E-state index >= 15 is 0 Å². The SMILES string of the molecule is O=C(CCNS(=O)(=O)c1cccs1)N1CCN(c2ccccn2)CC1. The van der Waals surface area contributed by atoms with Crippen molar-refractivity contribution >= 4 is 33.1 Å². The lowest BCUT2D eigenvalue weighted by atomic mass is 10.2. The van der Waals surface area contributed by atoms with Gasteiger partial charge in [-0.2, -0.15) is 0 Å². The molecule has 1 amide bonds. The summed E-state index contributed by atoms with van der Waals surface area (Å²) in [5, 5.41) is 1.71. The fraction of sp³-hybridized carbons (Fsp3) is 0.375. The maximum atomic E-state index is 12.3. The Kier molecular flexibility index (Phi) is 5.67. The van der Waals surface area contributed by atoms with E-state index in [1.54, 1.807) is 28.6 Å². The smallest absolute Gasteiger partial charge is 0.250 e. The number of carbonyl (C=O) groups excluding carboxylic acids is 1. The third-order valence-corrected chi connectivity index (χ3v) is 6.86. The van der Waals surface area contributed by atoms with E-state index < -0.39 is 10.0 Å². The highest BCUT2D eigenvalue weighted by molar-refractivity contribution is 7.91. The summed E-state index contributed by atoms with van der Waals surface area (Å²) in [5.74, 6) is 0.882. The largest absolute Gasteiger partial charge is 0.353 e. The van der Waals surface area contributed by atoms with Gasteiger partial charge in [0.25, 0.3) is 0 Å². The molecule has 0 saturated carbocycles. The minimum absolute atomic E-state index is 0.0328. The van der Waals surface area contributed by atoms with Crippen LogP contribution in [0.2, 0.25) is 0 Å². The van der Waals surface area contributed by atoms with Crippen LogP contribution in [0.1, 0.15) is 6.42 Å². The van der Waals surface area contributed by atoms with E-state index in [9.17, 15) is 13.2 Å². The van der Waals surface area contributed by atoms with Gasteiger partial charge in [0.1, 0.15) is 10.0 Å². The van der Waals surface area contributed by atoms with Gasteiger partial charge in [-0.15, -0.1) is 11.3 Å². The Morgan fingerprint density at radius 2 is 1.96 bits per heavy atom. The fourth-order valence-corrected chi connectivity index (χ4v) is 4.73. The Morgan fingerprint density at radius 3 is 2.60 bits per heavy atom. The number of thiophene rings is 1. The zero-order valence-corrected chi connectivity index (χ0v) is 15.3. The van der Waals surface area contributed by atoms with Gasteiger partial charge in [-0.05, 0) is 23.6 Å². The van der Waals surface area contributed by atoms with Crippen molar-refractivity contribution in [3.8, 4) is 0 Å². The third kappa shape index (κ3) is 4.56. The average molecular weight is 380 g/mol. The molecule has 7 nitrogen and oxygen atoms in total. The molecule has 3 rings (SSSR count). The zero-order valence-electron chi connectivity index (χ0n) is 13.7. The van der Waals surface area contributed by atoms with Gasteiger partial charge in [-0.3, -0.25) is 4.79 Å². The van der Waals surface area contributed by atoms with Crippen molar-refractivity contribution < 1.29 is 13.2 Å². The van der Waals surface area contributed by atoms with Crippen LogP contribution in [0.25, 0.3) is 0 Å². The molecule has 2 aromatic heterocycles. The molecule has 134 valence electrons. The first kappa shape index (κ1) is 17.8. The molecule has 9 heteroatoms. The molecule has 1 fully saturated rings. The van der Waals surface area contributed by atoms with E-state index in [0.717, 1.165) is 30.2 Å². The van der Waals surface area contributed by atoms with E-state index in [0.29, 0.717) is 13.1 Å². The van der Waals surface area contributed by atoms with Crippen LogP contribution in [0, 0.1) is 0 Å². The summed E-state index contributed by atoms with van der Waals surface area (Å²) in [6.45, 7) is 2.80. The summed E-state index contributed by atoms with van der Waals surface area (Å²) in [6, 6.07) is 9.01. The monoisotopic (exact) mass is 380 g/mol. The standard InChI is InChI=1S/C16H20N4O3S2/c21-15(6-8-18-25(22,23)16-5-3-13-24-16)20-11-9-19(10-12-20)14-4-1-2-7-17-14/h1-5,7,13,18H,6,8-12H2. The van der Waals surface area contributed by atoms with Gasteiger partial charge in [0, 0.05) is 45.3 Å². The number of carbonyl (C=O) groups is 1. The molecular weight excluding hydrogens is 360 g/mol. The molecule has 25 heavy (non-hydrogen) atoms. The van der Waals surface area contributed by atoms with Gasteiger partial charge in [0.05, 0.1) is 0 Å². The Bertz CT molecular complexity index is 786. The first-order valence-corrected chi connectivity index (χ1v) is 10.4. The quantitative estimate of drug-likeness (QED) is 0.813. The Labute approximate surface area is 151 Å². The lowest BCUT2D eigenvalue weighted by molar-refractivity contribution is -0.131. The molecule has 2 aromatic rings. The lowest BCUT2D eigenvalue weighted by Crippen LogP contribution is -2.49. The van der Waals surface area contributed by atoms with Crippen molar-refractivity contribution in [1.29, 1.82) is 0 Å². The second-order valence-electron chi connectivity index (χ2n) is 5.64. The van der Waals surface area contributed by atoms with Crippen LogP contribution >= 0.6 is 11.3 Å². The Balaban J connectivity index is 1.44. The van der Waals surface area contributed by atoms with Gasteiger partial charge < -0.3 is 9.80 Å². The third-order valence-electron chi connectivity index (χ3n) is 4.00. The van der Waals surface area contributed by atoms with Crippen molar-refractivity contribution in [2.45, 2.75) is 10.6 Å². The van der Waals surface area contributed by atoms with E-state index in [-0.39, 0.29) is 23.1 Å². The van der Waals surface area contributed by atoms with Crippen LogP contribution in [0.5, 0.6) is 0 Å². The summed E-state index contributed by atoms with van der Waals surface area (Å²) in [6.07, 6.45) is 1.92. The predicted octanol–water partition coefficient (Wildman–Crippen LogP) is 1.16. The van der Waals surface area contributed by atoms with Gasteiger partial charge in [0.15, 0.2) is 0 Å². The second kappa shape index (κ2) is 7.94. The van der Waals surface area contributed by atoms with Crippen molar-refractivity contribution in [2.75, 3.05) is 37.6 Å². The molecule has 0 aromatic carbocycles. The number of hydrogen-bond donors (Lipinski definition) is 1. The van der Waals surface area contributed by atoms with Crippen molar-refractivity contribution in [3.05, 3.63) is 41.9 Å². The molecule has 0 atom stereocenters. The number of piperazine rings is 1. The molecule has 0 radical (unpaired) electrons. The number of sulfonamides is 1. The molecule has 0 bridgehead atoms. The van der Waals surface area contributed by atoms with Crippen molar-refractivity contribution in [1.82, 2.24) is 14.6 Å². The van der Waals surface area contributed by atoms with E-state index in [1.165, 1.54) is 0 Å². The topological polar surface area (TPSA) is 82.6 Å². The first-order valence-electron chi connectivity index (χ1n) is 8.03. The molecule has 1 aliphatic heterocycles. The van der Waals surface area contributed by atoms with Crippen molar-refractivity contribution in [2.24, 2.45) is 0 Å². The highest BCUT2D eigenvalue weighted by Crippen LogP contribution is 2.15. The summed E-state index contributed by atoms with van der Waals surface area (Å²) in [4.78, 5) is 20.5. The molecule has 0 unspecified atom stereocenters. The van der Waals surface area contributed by atoms with Crippen LogP contribution in [0.4, 0.5) is 5.82 Å². The minimum atomic E-state index is -3.51. The molecule has 0 aliphatic carbocycles. The molecular formula is C16H20N4O3S2. The molecule has 1 saturated heterocycles. The summed E-state index contributed by atoms with van der Waals surface area (Å²) >= 11 is 1.16. The highest BCUT2D eigenvalue weighted by Gasteiger charge is 2.22. The van der Waals surface area contributed by atoms with Crippen LogP contribution < -0.4 is 9.62 Å². The number of aromatic nitrogens is 1. The van der Waals surface area contributed by atoms with E-state index in [1.807, 2.05) is 18.2 Å². The highest BCUT2D eigenvalue weighted by atomic mass is 32.2. The maximum absolute atomic E-state index is 12.3. The molecule has 1 aliphatic rings. The summed E-state index contributed by atoms with van der Waals surface area (Å²) < 4.78 is 26.8. The number of nitrogens with one attached hydrogen (secondary N) is 1. The summed E-state index contributed by atoms with van der Waals surface area (Å²) in [5.41, 5.74) is 0. The molecule has 3 heterocycles. The Morgan fingerprint density at radius 1 is 1.16 bits per heavy atom. The summed E-state index contributed by atoms with van der Waals surface area (Å²) in [7, 11) is -3.51.